The molecular formula is C19H18O3. The second-order valence-electron chi connectivity index (χ2n) is 5.26. The van der Waals surface area contributed by atoms with E-state index in [4.69, 9.17) is 0 Å². The van der Waals surface area contributed by atoms with Crippen LogP contribution in [0.4, 0.5) is 0 Å². The van der Waals surface area contributed by atoms with Gasteiger partial charge in [-0.05, 0) is 18.9 Å². The van der Waals surface area contributed by atoms with Crippen LogP contribution in [-0.4, -0.2) is 17.3 Å². The Bertz CT molecular complexity index is 660. The van der Waals surface area contributed by atoms with Crippen LogP contribution >= 0.6 is 0 Å². The fourth-order valence-corrected chi connectivity index (χ4v) is 2.37. The summed E-state index contributed by atoms with van der Waals surface area (Å²) in [6.07, 6.45) is 0.643. The van der Waals surface area contributed by atoms with Crippen LogP contribution in [-0.2, 0) is 9.59 Å². The summed E-state index contributed by atoms with van der Waals surface area (Å²) in [5.41, 5.74) is 1.16. The van der Waals surface area contributed by atoms with E-state index < -0.39 is 17.5 Å². The molecule has 0 aromatic heterocycles. The first kappa shape index (κ1) is 15.8. The molecule has 1 unspecified atom stereocenters. The SMILES string of the molecule is CC(=O)CCC(C(=O)C(=O)c1ccccc1)c1ccccc1. The maximum absolute atomic E-state index is 12.6. The van der Waals surface area contributed by atoms with E-state index in [0.717, 1.165) is 5.56 Å². The summed E-state index contributed by atoms with van der Waals surface area (Å²) in [4.78, 5) is 36.2. The molecule has 3 nitrogen and oxygen atoms in total. The highest BCUT2D eigenvalue weighted by Crippen LogP contribution is 2.24. The summed E-state index contributed by atoms with van der Waals surface area (Å²) in [7, 11) is 0. The van der Waals surface area contributed by atoms with Crippen LogP contribution in [0.15, 0.2) is 60.7 Å². The van der Waals surface area contributed by atoms with Crippen LogP contribution in [0.2, 0.25) is 0 Å². The normalized spacial score (nSPS) is 11.7. The lowest BCUT2D eigenvalue weighted by atomic mass is 9.86. The van der Waals surface area contributed by atoms with Crippen molar-refractivity contribution in [3.8, 4) is 0 Å². The van der Waals surface area contributed by atoms with Crippen molar-refractivity contribution < 1.29 is 14.4 Å². The molecule has 1 atom stereocenters. The second-order valence-corrected chi connectivity index (χ2v) is 5.26. The lowest BCUT2D eigenvalue weighted by Crippen LogP contribution is -2.23. The number of carbonyl (C=O) groups is 3. The van der Waals surface area contributed by atoms with Crippen LogP contribution in [0.5, 0.6) is 0 Å². The fraction of sp³-hybridized carbons (Fsp3) is 0.211. The largest absolute Gasteiger partial charge is 0.300 e. The summed E-state index contributed by atoms with van der Waals surface area (Å²) in [5.74, 6) is -1.52. The van der Waals surface area contributed by atoms with Crippen molar-refractivity contribution in [3.05, 3.63) is 71.8 Å². The van der Waals surface area contributed by atoms with Crippen LogP contribution < -0.4 is 0 Å². The third-order valence-corrected chi connectivity index (χ3v) is 3.56. The van der Waals surface area contributed by atoms with Gasteiger partial charge in [-0.25, -0.2) is 0 Å². The fourth-order valence-electron chi connectivity index (χ4n) is 2.37. The minimum absolute atomic E-state index is 0.0147. The van der Waals surface area contributed by atoms with Gasteiger partial charge in [0.05, 0.1) is 5.92 Å². The Kier molecular flexibility index (Phi) is 5.37. The van der Waals surface area contributed by atoms with Gasteiger partial charge in [-0.1, -0.05) is 60.7 Å². The zero-order valence-electron chi connectivity index (χ0n) is 12.5. The van der Waals surface area contributed by atoms with Gasteiger partial charge in [0.1, 0.15) is 5.78 Å². The van der Waals surface area contributed by atoms with Crippen LogP contribution in [0.3, 0.4) is 0 Å². The predicted octanol–water partition coefficient (Wildman–Crippen LogP) is 3.59. The minimum Gasteiger partial charge on any atom is -0.300 e. The molecule has 0 fully saturated rings. The van der Waals surface area contributed by atoms with Gasteiger partial charge in [0, 0.05) is 12.0 Å². The van der Waals surface area contributed by atoms with Crippen molar-refractivity contribution in [1.29, 1.82) is 0 Å². The molecule has 0 spiro atoms. The van der Waals surface area contributed by atoms with Crippen molar-refractivity contribution in [1.82, 2.24) is 0 Å². The topological polar surface area (TPSA) is 51.2 Å². The molecule has 0 aliphatic carbocycles. The van der Waals surface area contributed by atoms with Gasteiger partial charge in [0.25, 0.3) is 0 Å². The van der Waals surface area contributed by atoms with E-state index in [2.05, 4.69) is 0 Å². The van der Waals surface area contributed by atoms with Gasteiger partial charge >= 0.3 is 0 Å². The summed E-state index contributed by atoms with van der Waals surface area (Å²) >= 11 is 0. The predicted molar refractivity (Wildman–Crippen MR) is 84.9 cm³/mol. The molecule has 3 heteroatoms. The molecule has 0 radical (unpaired) electrons. The highest BCUT2D eigenvalue weighted by atomic mass is 16.2. The maximum atomic E-state index is 12.6. The molecular weight excluding hydrogens is 276 g/mol. The van der Waals surface area contributed by atoms with Gasteiger partial charge in [0.15, 0.2) is 0 Å². The third kappa shape index (κ3) is 3.98. The molecule has 2 aromatic carbocycles. The van der Waals surface area contributed by atoms with Crippen molar-refractivity contribution in [2.45, 2.75) is 25.7 Å². The maximum Gasteiger partial charge on any atom is 0.229 e. The van der Waals surface area contributed by atoms with Gasteiger partial charge in [-0.3, -0.25) is 9.59 Å². The van der Waals surface area contributed by atoms with E-state index in [-0.39, 0.29) is 12.2 Å². The first-order chi connectivity index (χ1) is 10.6. The zero-order valence-corrected chi connectivity index (χ0v) is 12.5. The number of hydrogen-bond acceptors (Lipinski definition) is 3. The molecule has 0 bridgehead atoms. The summed E-state index contributed by atoms with van der Waals surface area (Å²) in [5, 5.41) is 0. The van der Waals surface area contributed by atoms with E-state index in [1.54, 1.807) is 30.3 Å². The van der Waals surface area contributed by atoms with E-state index in [0.29, 0.717) is 12.0 Å². The molecule has 112 valence electrons. The molecule has 0 aliphatic rings. The van der Waals surface area contributed by atoms with Crippen LogP contribution in [0.1, 0.15) is 41.6 Å². The third-order valence-electron chi connectivity index (χ3n) is 3.56. The van der Waals surface area contributed by atoms with Crippen molar-refractivity contribution in [2.75, 3.05) is 0 Å². The Balaban J connectivity index is 2.26. The quantitative estimate of drug-likeness (QED) is 0.579. The monoisotopic (exact) mass is 294 g/mol. The molecule has 0 saturated heterocycles. The van der Waals surface area contributed by atoms with Crippen LogP contribution in [0, 0.1) is 0 Å². The molecule has 0 N–H and O–H groups in total. The lowest BCUT2D eigenvalue weighted by molar-refractivity contribution is -0.118. The Morgan fingerprint density at radius 1 is 0.864 bits per heavy atom. The zero-order chi connectivity index (χ0) is 15.9. The number of hydrogen-bond donors (Lipinski definition) is 0. The van der Waals surface area contributed by atoms with E-state index in [9.17, 15) is 14.4 Å². The van der Waals surface area contributed by atoms with Crippen molar-refractivity contribution >= 4 is 17.3 Å². The molecule has 2 rings (SSSR count). The van der Waals surface area contributed by atoms with E-state index in [1.807, 2.05) is 30.3 Å². The molecule has 22 heavy (non-hydrogen) atoms. The standard InChI is InChI=1S/C19H18O3/c1-14(20)12-13-17(15-8-4-2-5-9-15)19(22)18(21)16-10-6-3-7-11-16/h2-11,17H,12-13H2,1H3. The Labute approximate surface area is 130 Å². The number of carbonyl (C=O) groups excluding carboxylic acids is 3. The molecule has 0 amide bonds. The first-order valence-electron chi connectivity index (χ1n) is 7.27. The minimum atomic E-state index is -0.571. The average Bonchev–Trinajstić information content (AvgIpc) is 2.55. The number of benzene rings is 2. The number of rotatable bonds is 7. The summed E-state index contributed by atoms with van der Waals surface area (Å²) in [6.45, 7) is 1.49. The highest BCUT2D eigenvalue weighted by molar-refractivity contribution is 6.45. The number of ketones is 3. The first-order valence-corrected chi connectivity index (χ1v) is 7.27. The van der Waals surface area contributed by atoms with Gasteiger partial charge in [-0.2, -0.15) is 0 Å². The molecule has 2 aromatic rings. The Morgan fingerprint density at radius 2 is 1.41 bits per heavy atom. The summed E-state index contributed by atoms with van der Waals surface area (Å²) in [6, 6.07) is 17.7. The smallest absolute Gasteiger partial charge is 0.229 e. The van der Waals surface area contributed by atoms with E-state index in [1.165, 1.54) is 6.92 Å². The Hall–Kier alpha value is -2.55. The van der Waals surface area contributed by atoms with Gasteiger partial charge < -0.3 is 4.79 Å². The molecule has 0 heterocycles. The average molecular weight is 294 g/mol. The highest BCUT2D eigenvalue weighted by Gasteiger charge is 2.27. The lowest BCUT2D eigenvalue weighted by Gasteiger charge is -2.15. The van der Waals surface area contributed by atoms with E-state index >= 15 is 0 Å². The molecule has 0 saturated carbocycles. The second kappa shape index (κ2) is 7.46. The van der Waals surface area contributed by atoms with Crippen molar-refractivity contribution in [2.24, 2.45) is 0 Å². The Morgan fingerprint density at radius 3 is 1.95 bits per heavy atom. The number of Topliss-reactive ketones (excluding diaryl/α,β-unsaturated/α-hetero) is 3. The van der Waals surface area contributed by atoms with Crippen molar-refractivity contribution in [3.63, 3.8) is 0 Å². The molecule has 0 aliphatic heterocycles. The van der Waals surface area contributed by atoms with Gasteiger partial charge in [0.2, 0.25) is 11.6 Å². The van der Waals surface area contributed by atoms with Crippen LogP contribution in [0.25, 0.3) is 0 Å². The van der Waals surface area contributed by atoms with Gasteiger partial charge in [-0.15, -0.1) is 0 Å². The summed E-state index contributed by atoms with van der Waals surface area (Å²) < 4.78 is 0.